The molecule has 0 saturated carbocycles. The monoisotopic (exact) mass is 211 g/mol. The molecule has 3 nitrogen and oxygen atoms in total. The number of hydrogen-bond acceptors (Lipinski definition) is 4. The number of nitrogens with two attached hydrogens (primary N) is 1. The quantitative estimate of drug-likeness (QED) is 0.768. The van der Waals surface area contributed by atoms with Gasteiger partial charge in [-0.05, 0) is 17.7 Å². The summed E-state index contributed by atoms with van der Waals surface area (Å²) < 4.78 is 5.72. The highest BCUT2D eigenvalue weighted by Gasteiger charge is 2.19. The standard InChI is InChI=1S/C10H13NO2S/c11-12-5-8-2-1-3-9(4-8)13-10-6-14-7-10/h1-4,10H,5-7,11H2. The average Bonchev–Trinajstić information content (AvgIpc) is 2.13. The van der Waals surface area contributed by atoms with Crippen molar-refractivity contribution < 1.29 is 9.57 Å². The van der Waals surface area contributed by atoms with E-state index in [0.717, 1.165) is 22.8 Å². The SMILES string of the molecule is NOCc1cccc(OC2CSC2)c1. The maximum Gasteiger partial charge on any atom is 0.120 e. The van der Waals surface area contributed by atoms with Gasteiger partial charge in [0.2, 0.25) is 0 Å². The zero-order valence-corrected chi connectivity index (χ0v) is 8.63. The molecule has 0 bridgehead atoms. The predicted molar refractivity (Wildman–Crippen MR) is 57.2 cm³/mol. The highest BCUT2D eigenvalue weighted by molar-refractivity contribution is 8.00. The molecule has 0 aromatic heterocycles. The van der Waals surface area contributed by atoms with Crippen LogP contribution in [0.4, 0.5) is 0 Å². The fourth-order valence-electron chi connectivity index (χ4n) is 1.28. The van der Waals surface area contributed by atoms with Gasteiger partial charge in [-0.15, -0.1) is 0 Å². The van der Waals surface area contributed by atoms with Gasteiger partial charge in [0.15, 0.2) is 0 Å². The van der Waals surface area contributed by atoms with E-state index in [1.54, 1.807) is 0 Å². The van der Waals surface area contributed by atoms with Crippen LogP contribution in [0, 0.1) is 0 Å². The third-order valence-electron chi connectivity index (χ3n) is 2.06. The molecule has 4 heteroatoms. The van der Waals surface area contributed by atoms with Crippen LogP contribution < -0.4 is 10.6 Å². The maximum absolute atomic E-state index is 5.72. The summed E-state index contributed by atoms with van der Waals surface area (Å²) in [6, 6.07) is 7.85. The number of thioether (sulfide) groups is 1. The summed E-state index contributed by atoms with van der Waals surface area (Å²) in [4.78, 5) is 4.57. The van der Waals surface area contributed by atoms with Crippen molar-refractivity contribution in [1.29, 1.82) is 0 Å². The first-order valence-corrected chi connectivity index (χ1v) is 5.69. The van der Waals surface area contributed by atoms with Gasteiger partial charge in [-0.25, -0.2) is 5.90 Å². The van der Waals surface area contributed by atoms with Gasteiger partial charge in [-0.3, -0.25) is 4.84 Å². The van der Waals surface area contributed by atoms with Crippen molar-refractivity contribution in [2.75, 3.05) is 11.5 Å². The smallest absolute Gasteiger partial charge is 0.120 e. The summed E-state index contributed by atoms with van der Waals surface area (Å²) in [5.74, 6) is 8.10. The molecule has 1 fully saturated rings. The second kappa shape index (κ2) is 4.68. The van der Waals surface area contributed by atoms with E-state index in [1.165, 1.54) is 0 Å². The van der Waals surface area contributed by atoms with Crippen LogP contribution in [0.2, 0.25) is 0 Å². The Morgan fingerprint density at radius 1 is 1.43 bits per heavy atom. The molecule has 1 aromatic carbocycles. The van der Waals surface area contributed by atoms with Crippen molar-refractivity contribution in [2.45, 2.75) is 12.7 Å². The Balaban J connectivity index is 1.97. The average molecular weight is 211 g/mol. The van der Waals surface area contributed by atoms with Crippen LogP contribution >= 0.6 is 11.8 Å². The molecule has 0 amide bonds. The van der Waals surface area contributed by atoms with E-state index in [4.69, 9.17) is 10.6 Å². The summed E-state index contributed by atoms with van der Waals surface area (Å²) in [5, 5.41) is 0. The summed E-state index contributed by atoms with van der Waals surface area (Å²) in [6.07, 6.45) is 0.383. The number of rotatable bonds is 4. The van der Waals surface area contributed by atoms with Crippen molar-refractivity contribution in [1.82, 2.24) is 0 Å². The van der Waals surface area contributed by atoms with Crippen molar-refractivity contribution in [3.63, 3.8) is 0 Å². The summed E-state index contributed by atoms with van der Waals surface area (Å²) >= 11 is 1.91. The Labute approximate surface area is 87.5 Å². The van der Waals surface area contributed by atoms with E-state index < -0.39 is 0 Å². The zero-order chi connectivity index (χ0) is 9.80. The fraction of sp³-hybridized carbons (Fsp3) is 0.400. The minimum Gasteiger partial charge on any atom is -0.489 e. The fourth-order valence-corrected chi connectivity index (χ4v) is 1.84. The van der Waals surface area contributed by atoms with Crippen LogP contribution in [0.25, 0.3) is 0 Å². The predicted octanol–water partition coefficient (Wildman–Crippen LogP) is 1.57. The first kappa shape index (κ1) is 9.83. The first-order chi connectivity index (χ1) is 6.88. The van der Waals surface area contributed by atoms with Crippen molar-refractivity contribution in [3.05, 3.63) is 29.8 Å². The lowest BCUT2D eigenvalue weighted by Gasteiger charge is -2.25. The maximum atomic E-state index is 5.72. The van der Waals surface area contributed by atoms with Crippen LogP contribution in [0.3, 0.4) is 0 Å². The number of hydrogen-bond donors (Lipinski definition) is 1. The molecule has 1 aliphatic rings. The number of ether oxygens (including phenoxy) is 1. The lowest BCUT2D eigenvalue weighted by atomic mass is 10.2. The van der Waals surface area contributed by atoms with Crippen molar-refractivity contribution in [3.8, 4) is 5.75 Å². The van der Waals surface area contributed by atoms with E-state index in [9.17, 15) is 0 Å². The van der Waals surface area contributed by atoms with Crippen LogP contribution in [-0.4, -0.2) is 17.6 Å². The molecule has 76 valence electrons. The molecule has 2 N–H and O–H groups in total. The lowest BCUT2D eigenvalue weighted by molar-refractivity contribution is 0.123. The summed E-state index contributed by atoms with van der Waals surface area (Å²) in [5.41, 5.74) is 1.04. The molecule has 1 aromatic rings. The van der Waals surface area contributed by atoms with Gasteiger partial charge in [-0.1, -0.05) is 12.1 Å². The third-order valence-corrected chi connectivity index (χ3v) is 3.27. The molecule has 2 rings (SSSR count). The second-order valence-electron chi connectivity index (χ2n) is 3.24. The molecule has 0 atom stereocenters. The van der Waals surface area contributed by atoms with Crippen molar-refractivity contribution in [2.24, 2.45) is 5.90 Å². The van der Waals surface area contributed by atoms with Gasteiger partial charge >= 0.3 is 0 Å². The second-order valence-corrected chi connectivity index (χ2v) is 4.31. The van der Waals surface area contributed by atoms with Gasteiger partial charge in [0.25, 0.3) is 0 Å². The molecule has 0 aliphatic carbocycles. The van der Waals surface area contributed by atoms with Crippen LogP contribution in [0.5, 0.6) is 5.75 Å². The first-order valence-electron chi connectivity index (χ1n) is 4.53. The molecule has 0 unspecified atom stereocenters. The minimum absolute atomic E-state index is 0.383. The molecule has 1 heterocycles. The van der Waals surface area contributed by atoms with Crippen LogP contribution in [0.1, 0.15) is 5.56 Å². The van der Waals surface area contributed by atoms with Crippen LogP contribution in [-0.2, 0) is 11.4 Å². The van der Waals surface area contributed by atoms with E-state index in [1.807, 2.05) is 36.0 Å². The molecule has 1 saturated heterocycles. The Hall–Kier alpha value is -0.710. The van der Waals surface area contributed by atoms with Gasteiger partial charge in [0.1, 0.15) is 11.9 Å². The third kappa shape index (κ3) is 2.41. The van der Waals surface area contributed by atoms with E-state index in [-0.39, 0.29) is 0 Å². The zero-order valence-electron chi connectivity index (χ0n) is 7.81. The van der Waals surface area contributed by atoms with Gasteiger partial charge in [0.05, 0.1) is 6.61 Å². The molecule has 14 heavy (non-hydrogen) atoms. The van der Waals surface area contributed by atoms with E-state index >= 15 is 0 Å². The van der Waals surface area contributed by atoms with Gasteiger partial charge in [-0.2, -0.15) is 11.8 Å². The molecule has 0 spiro atoms. The minimum atomic E-state index is 0.383. The van der Waals surface area contributed by atoms with Gasteiger partial charge in [0, 0.05) is 11.5 Å². The highest BCUT2D eigenvalue weighted by atomic mass is 32.2. The normalized spacial score (nSPS) is 16.4. The van der Waals surface area contributed by atoms with Crippen LogP contribution in [0.15, 0.2) is 24.3 Å². The Bertz CT molecular complexity index is 302. The molecular formula is C10H13NO2S. The lowest BCUT2D eigenvalue weighted by Crippen LogP contribution is -2.31. The van der Waals surface area contributed by atoms with E-state index in [0.29, 0.717) is 12.7 Å². The Kier molecular flexibility index (Phi) is 3.29. The van der Waals surface area contributed by atoms with E-state index in [2.05, 4.69) is 4.84 Å². The Morgan fingerprint density at radius 3 is 2.93 bits per heavy atom. The number of benzene rings is 1. The topological polar surface area (TPSA) is 44.5 Å². The van der Waals surface area contributed by atoms with Crippen molar-refractivity contribution >= 4 is 11.8 Å². The molecular weight excluding hydrogens is 198 g/mol. The summed E-state index contributed by atoms with van der Waals surface area (Å²) in [7, 11) is 0. The Morgan fingerprint density at radius 2 is 2.29 bits per heavy atom. The largest absolute Gasteiger partial charge is 0.489 e. The highest BCUT2D eigenvalue weighted by Crippen LogP contribution is 2.24. The van der Waals surface area contributed by atoms with Gasteiger partial charge < -0.3 is 4.74 Å². The molecule has 0 radical (unpaired) electrons. The summed E-state index contributed by atoms with van der Waals surface area (Å²) in [6.45, 7) is 0.427. The molecule has 1 aliphatic heterocycles.